The molecule has 4 heterocycles. The van der Waals surface area contributed by atoms with Crippen molar-refractivity contribution in [3.05, 3.63) is 82.9 Å². The Hall–Kier alpha value is -3.96. The van der Waals surface area contributed by atoms with E-state index in [-0.39, 0.29) is 28.4 Å². The zero-order valence-electron chi connectivity index (χ0n) is 26.8. The lowest BCUT2D eigenvalue weighted by atomic mass is 9.87. The molecule has 2 N–H and O–H groups in total. The molecule has 2 saturated heterocycles. The van der Waals surface area contributed by atoms with Gasteiger partial charge >= 0.3 is 6.03 Å². The largest absolute Gasteiger partial charge is 0.360 e. The van der Waals surface area contributed by atoms with Crippen LogP contribution in [0.1, 0.15) is 74.7 Å². The third kappa shape index (κ3) is 6.28. The van der Waals surface area contributed by atoms with Crippen LogP contribution in [0.2, 0.25) is 0 Å². The summed E-state index contributed by atoms with van der Waals surface area (Å²) in [7, 11) is -3.65. The first-order valence-electron chi connectivity index (χ1n) is 15.6. The first-order valence-corrected chi connectivity index (χ1v) is 17.0. The highest BCUT2D eigenvalue weighted by Crippen LogP contribution is 2.44. The number of sulfonamides is 1. The van der Waals surface area contributed by atoms with Crippen molar-refractivity contribution in [2.75, 3.05) is 10.6 Å². The van der Waals surface area contributed by atoms with Gasteiger partial charge in [-0.1, -0.05) is 55.8 Å². The van der Waals surface area contributed by atoms with Crippen LogP contribution in [0, 0.1) is 26.7 Å². The van der Waals surface area contributed by atoms with E-state index in [9.17, 15) is 13.2 Å². The fourth-order valence-corrected chi connectivity index (χ4v) is 9.00. The zero-order valence-corrected chi connectivity index (χ0v) is 27.6. The van der Waals surface area contributed by atoms with Gasteiger partial charge in [-0.3, -0.25) is 5.32 Å². The maximum Gasteiger partial charge on any atom is 0.324 e. The topological polar surface area (TPSA) is 122 Å². The van der Waals surface area contributed by atoms with Crippen LogP contribution < -0.4 is 10.6 Å². The van der Waals surface area contributed by atoms with Crippen LogP contribution in [-0.4, -0.2) is 45.8 Å². The normalized spacial score (nSPS) is 20.4. The lowest BCUT2D eigenvalue weighted by Gasteiger charge is -2.38. The van der Waals surface area contributed by atoms with Gasteiger partial charge in [0.2, 0.25) is 10.0 Å². The Morgan fingerprint density at radius 3 is 2.18 bits per heavy atom. The fourth-order valence-electron chi connectivity index (χ4n) is 6.81. The van der Waals surface area contributed by atoms with Crippen LogP contribution in [0.15, 0.2) is 64.0 Å². The molecule has 2 atom stereocenters. The molecule has 0 saturated carbocycles. The second-order valence-corrected chi connectivity index (χ2v) is 15.4. The number of piperidine rings is 1. The summed E-state index contributed by atoms with van der Waals surface area (Å²) in [6.07, 6.45) is 4.27. The van der Waals surface area contributed by atoms with E-state index in [1.54, 1.807) is 22.8 Å². The molecule has 0 radical (unpaired) electrons. The predicted molar refractivity (Wildman–Crippen MR) is 174 cm³/mol. The maximum absolute atomic E-state index is 13.6. The first-order chi connectivity index (χ1) is 21.3. The van der Waals surface area contributed by atoms with Crippen molar-refractivity contribution in [2.24, 2.45) is 5.92 Å². The number of benzene rings is 2. The van der Waals surface area contributed by atoms with Gasteiger partial charge in [0.05, 0.1) is 11.4 Å². The summed E-state index contributed by atoms with van der Waals surface area (Å²) in [6.45, 7) is 11.7. The highest BCUT2D eigenvalue weighted by atomic mass is 32.2. The highest BCUT2D eigenvalue weighted by molar-refractivity contribution is 7.89. The van der Waals surface area contributed by atoms with Gasteiger partial charge in [-0.15, -0.1) is 0 Å². The molecule has 11 heteroatoms. The third-order valence-electron chi connectivity index (χ3n) is 9.00. The summed E-state index contributed by atoms with van der Waals surface area (Å²) >= 11 is 0. The monoisotopic (exact) mass is 630 g/mol. The van der Waals surface area contributed by atoms with E-state index in [4.69, 9.17) is 9.62 Å². The van der Waals surface area contributed by atoms with Gasteiger partial charge in [0, 0.05) is 29.3 Å². The number of aryl methyl sites for hydroxylation is 3. The molecular weight excluding hydrogens is 588 g/mol. The SMILES string of the molecule is Cc1ccc(-n2nc(C(C)(C)C)cc2NC(=O)Nc2ccc(CC3CC4CCC(C3)N4S(=O)(=O)c3c(C)noc3C)cc2)cc1. The molecule has 2 unspecified atom stereocenters. The lowest BCUT2D eigenvalue weighted by molar-refractivity contribution is 0.190. The van der Waals surface area contributed by atoms with E-state index in [1.807, 2.05) is 61.5 Å². The Bertz CT molecular complexity index is 1770. The van der Waals surface area contributed by atoms with Gasteiger partial charge in [0.15, 0.2) is 5.76 Å². The molecule has 2 aromatic heterocycles. The molecule has 2 aliphatic heterocycles. The average molecular weight is 631 g/mol. The number of rotatable bonds is 7. The summed E-state index contributed by atoms with van der Waals surface area (Å²) in [5.41, 5.74) is 4.99. The molecule has 10 nitrogen and oxygen atoms in total. The summed E-state index contributed by atoms with van der Waals surface area (Å²) in [4.78, 5) is 13.3. The minimum absolute atomic E-state index is 0.00997. The van der Waals surface area contributed by atoms with Gasteiger partial charge in [0.1, 0.15) is 16.4 Å². The van der Waals surface area contributed by atoms with Gasteiger partial charge in [0.25, 0.3) is 0 Å². The van der Waals surface area contributed by atoms with Gasteiger partial charge in [-0.05, 0) is 88.6 Å². The van der Waals surface area contributed by atoms with E-state index < -0.39 is 10.0 Å². The second-order valence-electron chi connectivity index (χ2n) is 13.6. The number of amides is 2. The number of aromatic nitrogens is 3. The first kappa shape index (κ1) is 31.0. The Morgan fingerprint density at radius 2 is 1.60 bits per heavy atom. The lowest BCUT2D eigenvalue weighted by Crippen LogP contribution is -2.47. The van der Waals surface area contributed by atoms with Crippen LogP contribution in [0.25, 0.3) is 5.69 Å². The van der Waals surface area contributed by atoms with Crippen molar-refractivity contribution in [1.29, 1.82) is 0 Å². The molecule has 4 aromatic rings. The Kier molecular flexibility index (Phi) is 8.11. The second kappa shape index (κ2) is 11.8. The smallest absolute Gasteiger partial charge is 0.324 e. The van der Waals surface area contributed by atoms with Crippen molar-refractivity contribution < 1.29 is 17.7 Å². The fraction of sp³-hybridized carbons (Fsp3) is 0.441. The number of carbonyl (C=O) groups is 1. The van der Waals surface area contributed by atoms with Crippen molar-refractivity contribution >= 4 is 27.6 Å². The number of nitrogens with one attached hydrogen (secondary N) is 2. The Balaban J connectivity index is 1.09. The van der Waals surface area contributed by atoms with Crippen molar-refractivity contribution in [3.8, 4) is 5.69 Å². The molecule has 0 aliphatic carbocycles. The van der Waals surface area contributed by atoms with Gasteiger partial charge in [-0.25, -0.2) is 17.9 Å². The maximum atomic E-state index is 13.6. The van der Waals surface area contributed by atoms with Crippen LogP contribution in [0.3, 0.4) is 0 Å². The molecule has 6 rings (SSSR count). The molecule has 238 valence electrons. The molecular formula is C34H42N6O4S. The summed E-state index contributed by atoms with van der Waals surface area (Å²) in [6, 6.07) is 17.5. The average Bonchev–Trinajstić information content (AvgIpc) is 3.64. The Labute approximate surface area is 265 Å². The molecule has 2 aliphatic rings. The molecule has 0 spiro atoms. The Morgan fingerprint density at radius 1 is 0.956 bits per heavy atom. The summed E-state index contributed by atoms with van der Waals surface area (Å²) in [5, 5.41) is 14.6. The predicted octanol–water partition coefficient (Wildman–Crippen LogP) is 6.90. The van der Waals surface area contributed by atoms with E-state index >= 15 is 0 Å². The number of nitrogens with zero attached hydrogens (tertiary/aromatic N) is 4. The number of fused-ring (bicyclic) bond motifs is 2. The number of anilines is 2. The minimum Gasteiger partial charge on any atom is -0.360 e. The number of urea groups is 1. The molecule has 2 aromatic carbocycles. The summed E-state index contributed by atoms with van der Waals surface area (Å²) in [5.74, 6) is 1.33. The minimum atomic E-state index is -3.65. The zero-order chi connectivity index (χ0) is 32.1. The van der Waals surface area contributed by atoms with E-state index in [2.05, 4.69) is 36.6 Å². The van der Waals surface area contributed by atoms with Crippen LogP contribution >= 0.6 is 0 Å². The van der Waals surface area contributed by atoms with E-state index in [1.165, 1.54) is 5.56 Å². The third-order valence-corrected chi connectivity index (χ3v) is 11.3. The number of carbonyl (C=O) groups excluding carboxylic acids is 1. The highest BCUT2D eigenvalue weighted by Gasteiger charge is 2.48. The van der Waals surface area contributed by atoms with Crippen molar-refractivity contribution in [3.63, 3.8) is 0 Å². The molecule has 2 fully saturated rings. The van der Waals surface area contributed by atoms with E-state index in [0.29, 0.717) is 28.9 Å². The van der Waals surface area contributed by atoms with Gasteiger partial charge < -0.3 is 9.84 Å². The van der Waals surface area contributed by atoms with Crippen LogP contribution in [0.4, 0.5) is 16.3 Å². The van der Waals surface area contributed by atoms with Crippen molar-refractivity contribution in [2.45, 2.75) is 96.0 Å². The molecule has 2 amide bonds. The summed E-state index contributed by atoms with van der Waals surface area (Å²) < 4.78 is 35.8. The van der Waals surface area contributed by atoms with Crippen LogP contribution in [0.5, 0.6) is 0 Å². The van der Waals surface area contributed by atoms with Crippen LogP contribution in [-0.2, 0) is 21.9 Å². The number of hydrogen-bond acceptors (Lipinski definition) is 6. The quantitative estimate of drug-likeness (QED) is 0.229. The van der Waals surface area contributed by atoms with Gasteiger partial charge in [-0.2, -0.15) is 9.40 Å². The van der Waals surface area contributed by atoms with Crippen molar-refractivity contribution in [1.82, 2.24) is 19.2 Å². The van der Waals surface area contributed by atoms with E-state index in [0.717, 1.165) is 49.0 Å². The molecule has 45 heavy (non-hydrogen) atoms. The standard InChI is InChI=1S/C34H42N6O4S/c1-21-7-13-27(14-8-21)39-31(20-30(37-39)34(4,5)6)36-33(41)35-26-11-9-24(10-12-26)17-25-18-28-15-16-29(19-25)40(28)45(42,43)32-22(2)38-44-23(32)3/h7-14,20,25,28-29H,15-19H2,1-6H3,(H2,35,36,41). The number of hydrogen-bond donors (Lipinski definition) is 2. The molecule has 2 bridgehead atoms.